The lowest BCUT2D eigenvalue weighted by atomic mass is 10.2. The second kappa shape index (κ2) is 7.94. The molecule has 27 heavy (non-hydrogen) atoms. The van der Waals surface area contributed by atoms with Crippen LogP contribution in [0, 0.1) is 12.7 Å². The molecule has 0 fully saturated rings. The van der Waals surface area contributed by atoms with Crippen LogP contribution in [0.2, 0.25) is 10.2 Å². The number of halogens is 3. The number of rotatable bonds is 5. The van der Waals surface area contributed by atoms with Gasteiger partial charge >= 0.3 is 0 Å². The van der Waals surface area contributed by atoms with E-state index in [1.165, 1.54) is 22.9 Å². The fourth-order valence-electron chi connectivity index (χ4n) is 2.54. The van der Waals surface area contributed by atoms with Crippen molar-refractivity contribution in [2.24, 2.45) is 7.05 Å². The largest absolute Gasteiger partial charge is 0.307 e. The van der Waals surface area contributed by atoms with Crippen molar-refractivity contribution in [3.8, 4) is 0 Å². The molecule has 0 bridgehead atoms. The molecule has 0 aliphatic heterocycles. The van der Waals surface area contributed by atoms with E-state index in [1.54, 1.807) is 36.1 Å². The zero-order valence-electron chi connectivity index (χ0n) is 14.6. The number of aromatic nitrogens is 4. The Morgan fingerprint density at radius 1 is 1.33 bits per heavy atom. The van der Waals surface area contributed by atoms with Gasteiger partial charge in [-0.3, -0.25) is 9.48 Å². The first-order valence-electron chi connectivity index (χ1n) is 7.99. The highest BCUT2D eigenvalue weighted by Crippen LogP contribution is 2.20. The molecule has 0 atom stereocenters. The highest BCUT2D eigenvalue weighted by atomic mass is 35.5. The fourth-order valence-corrected chi connectivity index (χ4v) is 2.89. The van der Waals surface area contributed by atoms with E-state index in [-0.39, 0.29) is 17.5 Å². The summed E-state index contributed by atoms with van der Waals surface area (Å²) >= 11 is 11.8. The lowest BCUT2D eigenvalue weighted by Gasteiger charge is -2.08. The molecule has 140 valence electrons. The average Bonchev–Trinajstić information content (AvgIpc) is 3.14. The Bertz CT molecular complexity index is 1020. The molecule has 0 aliphatic carbocycles. The van der Waals surface area contributed by atoms with Gasteiger partial charge in [-0.05, 0) is 30.7 Å². The number of aryl methyl sites for hydroxylation is 2. The molecule has 0 spiro atoms. The fraction of sp³-hybridized carbons (Fsp3) is 0.167. The number of nitrogens with one attached hydrogen (secondary N) is 1. The molecule has 1 N–H and O–H groups in total. The maximum Gasteiger partial charge on any atom is 0.249 e. The topological polar surface area (TPSA) is 64.7 Å². The number of hydrogen-bond donors (Lipinski definition) is 1. The van der Waals surface area contributed by atoms with E-state index in [2.05, 4.69) is 15.5 Å². The summed E-state index contributed by atoms with van der Waals surface area (Å²) in [5.74, 6) is -0.370. The Morgan fingerprint density at radius 2 is 2.11 bits per heavy atom. The van der Waals surface area contributed by atoms with E-state index < -0.39 is 5.82 Å². The van der Waals surface area contributed by atoms with Crippen LogP contribution in [0.4, 0.5) is 10.2 Å². The second-order valence-electron chi connectivity index (χ2n) is 5.86. The summed E-state index contributed by atoms with van der Waals surface area (Å²) in [4.78, 5) is 12.2. The molecule has 2 heterocycles. The molecule has 1 amide bonds. The Hall–Kier alpha value is -2.64. The van der Waals surface area contributed by atoms with Crippen LogP contribution in [-0.4, -0.2) is 25.5 Å². The Kier molecular flexibility index (Phi) is 5.62. The average molecular weight is 408 g/mol. The van der Waals surface area contributed by atoms with E-state index >= 15 is 0 Å². The number of anilines is 1. The third kappa shape index (κ3) is 4.37. The van der Waals surface area contributed by atoms with Gasteiger partial charge in [-0.1, -0.05) is 29.3 Å². The van der Waals surface area contributed by atoms with Crippen molar-refractivity contribution in [2.75, 3.05) is 5.32 Å². The molecular formula is C18H16Cl2FN5O. The zero-order valence-corrected chi connectivity index (χ0v) is 16.1. The minimum absolute atomic E-state index is 0.0576. The van der Waals surface area contributed by atoms with Gasteiger partial charge in [0.25, 0.3) is 0 Å². The standard InChI is InChI=1S/C18H16Cl2FN5O/c1-11-13(18(20)25(2)24-11)4-6-17(27)23-16-7-8-22-26(16)10-12-3-5-14(19)15(21)9-12/h3-9H,10H2,1-2H3,(H,23,27). The normalized spacial score (nSPS) is 11.3. The van der Waals surface area contributed by atoms with Crippen molar-refractivity contribution in [1.29, 1.82) is 0 Å². The first kappa shape index (κ1) is 19.1. The predicted molar refractivity (Wildman–Crippen MR) is 103 cm³/mol. The summed E-state index contributed by atoms with van der Waals surface area (Å²) in [6.07, 6.45) is 4.53. The predicted octanol–water partition coefficient (Wildman–Crippen LogP) is 4.07. The van der Waals surface area contributed by atoms with Gasteiger partial charge in [0, 0.05) is 24.8 Å². The maximum absolute atomic E-state index is 13.6. The number of carbonyl (C=O) groups is 1. The van der Waals surface area contributed by atoms with E-state index in [0.717, 1.165) is 5.69 Å². The summed E-state index contributed by atoms with van der Waals surface area (Å²) < 4.78 is 16.7. The molecule has 0 saturated carbocycles. The molecule has 9 heteroatoms. The molecule has 0 saturated heterocycles. The van der Waals surface area contributed by atoms with Crippen molar-refractivity contribution < 1.29 is 9.18 Å². The van der Waals surface area contributed by atoms with Gasteiger partial charge in [0.2, 0.25) is 5.91 Å². The van der Waals surface area contributed by atoms with Crippen molar-refractivity contribution in [2.45, 2.75) is 13.5 Å². The van der Waals surface area contributed by atoms with Crippen molar-refractivity contribution in [3.05, 3.63) is 69.4 Å². The molecule has 3 rings (SSSR count). The van der Waals surface area contributed by atoms with E-state index in [9.17, 15) is 9.18 Å². The Morgan fingerprint density at radius 3 is 2.78 bits per heavy atom. The quantitative estimate of drug-likeness (QED) is 0.648. The van der Waals surface area contributed by atoms with Crippen LogP contribution >= 0.6 is 23.2 Å². The summed E-state index contributed by atoms with van der Waals surface area (Å²) in [5.41, 5.74) is 2.07. The van der Waals surface area contributed by atoms with Crippen LogP contribution in [-0.2, 0) is 18.4 Å². The minimum atomic E-state index is -0.501. The first-order chi connectivity index (χ1) is 12.8. The van der Waals surface area contributed by atoms with E-state index in [1.807, 2.05) is 6.92 Å². The van der Waals surface area contributed by atoms with Gasteiger partial charge in [0.15, 0.2) is 0 Å². The lowest BCUT2D eigenvalue weighted by Crippen LogP contribution is -2.13. The SMILES string of the molecule is Cc1nn(C)c(Cl)c1C=CC(=O)Nc1ccnn1Cc1ccc(Cl)c(F)c1. The van der Waals surface area contributed by atoms with Crippen LogP contribution in [0.1, 0.15) is 16.8 Å². The van der Waals surface area contributed by atoms with E-state index in [0.29, 0.717) is 22.1 Å². The first-order valence-corrected chi connectivity index (χ1v) is 8.74. The van der Waals surface area contributed by atoms with Gasteiger partial charge in [-0.25, -0.2) is 9.07 Å². The van der Waals surface area contributed by atoms with E-state index in [4.69, 9.17) is 23.2 Å². The molecule has 1 aromatic carbocycles. The van der Waals surface area contributed by atoms with Crippen LogP contribution in [0.5, 0.6) is 0 Å². The van der Waals surface area contributed by atoms with Crippen LogP contribution in [0.3, 0.4) is 0 Å². The monoisotopic (exact) mass is 407 g/mol. The van der Waals surface area contributed by atoms with Gasteiger partial charge in [0.05, 0.1) is 23.5 Å². The van der Waals surface area contributed by atoms with Gasteiger partial charge < -0.3 is 5.32 Å². The molecule has 2 aromatic heterocycles. The molecule has 3 aromatic rings. The second-order valence-corrected chi connectivity index (χ2v) is 6.62. The zero-order chi connectivity index (χ0) is 19.6. The van der Waals surface area contributed by atoms with Crippen LogP contribution in [0.15, 0.2) is 36.5 Å². The molecule has 0 radical (unpaired) electrons. The van der Waals surface area contributed by atoms with Crippen molar-refractivity contribution >= 4 is 41.0 Å². The Balaban J connectivity index is 1.71. The number of benzene rings is 1. The number of amides is 1. The van der Waals surface area contributed by atoms with Gasteiger partial charge in [-0.2, -0.15) is 10.2 Å². The Labute approximate surface area is 165 Å². The molecular weight excluding hydrogens is 392 g/mol. The summed E-state index contributed by atoms with van der Waals surface area (Å²) in [6.45, 7) is 2.09. The van der Waals surface area contributed by atoms with Gasteiger partial charge in [-0.15, -0.1) is 0 Å². The van der Waals surface area contributed by atoms with Crippen LogP contribution in [0.25, 0.3) is 6.08 Å². The minimum Gasteiger partial charge on any atom is -0.307 e. The van der Waals surface area contributed by atoms with Crippen LogP contribution < -0.4 is 5.32 Å². The highest BCUT2D eigenvalue weighted by molar-refractivity contribution is 6.31. The summed E-state index contributed by atoms with van der Waals surface area (Å²) in [6, 6.07) is 6.17. The number of nitrogens with zero attached hydrogens (tertiary/aromatic N) is 4. The lowest BCUT2D eigenvalue weighted by molar-refractivity contribution is -0.111. The third-order valence-corrected chi connectivity index (χ3v) is 4.64. The summed E-state index contributed by atoms with van der Waals surface area (Å²) in [5, 5.41) is 11.6. The summed E-state index contributed by atoms with van der Waals surface area (Å²) in [7, 11) is 1.73. The number of carbonyl (C=O) groups excluding carboxylic acids is 1. The maximum atomic E-state index is 13.6. The number of hydrogen-bond acceptors (Lipinski definition) is 3. The smallest absolute Gasteiger partial charge is 0.249 e. The third-order valence-electron chi connectivity index (χ3n) is 3.88. The highest BCUT2D eigenvalue weighted by Gasteiger charge is 2.10. The molecule has 6 nitrogen and oxygen atoms in total. The molecule has 0 unspecified atom stereocenters. The molecule has 0 aliphatic rings. The van der Waals surface area contributed by atoms with Gasteiger partial charge in [0.1, 0.15) is 16.8 Å². The van der Waals surface area contributed by atoms with Crippen molar-refractivity contribution in [3.63, 3.8) is 0 Å². The van der Waals surface area contributed by atoms with Crippen molar-refractivity contribution in [1.82, 2.24) is 19.6 Å².